The Kier molecular flexibility index (Phi) is 2.70. The summed E-state index contributed by atoms with van der Waals surface area (Å²) in [5.41, 5.74) is 2.36. The van der Waals surface area contributed by atoms with Gasteiger partial charge in [0.05, 0.1) is 17.6 Å². The van der Waals surface area contributed by atoms with E-state index >= 15 is 0 Å². The average molecular weight is 332 g/mol. The Bertz CT molecular complexity index is 1330. The third kappa shape index (κ3) is 1.72. The van der Waals surface area contributed by atoms with Crippen LogP contribution in [0.3, 0.4) is 0 Å². The average Bonchev–Trinajstić information content (AvgIpc) is 2.63. The Morgan fingerprint density at radius 1 is 0.960 bits per heavy atom. The molecule has 0 saturated heterocycles. The quantitative estimate of drug-likeness (QED) is 0.367. The van der Waals surface area contributed by atoms with Gasteiger partial charge in [-0.1, -0.05) is 18.2 Å². The third-order valence-corrected chi connectivity index (χ3v) is 5.18. The molecule has 0 fully saturated rings. The lowest BCUT2D eigenvalue weighted by molar-refractivity contribution is 0.286. The molecule has 1 aliphatic heterocycles. The van der Waals surface area contributed by atoms with E-state index in [0.29, 0.717) is 24.3 Å². The highest BCUT2D eigenvalue weighted by molar-refractivity contribution is 6.14. The molecule has 0 amide bonds. The van der Waals surface area contributed by atoms with E-state index in [1.165, 1.54) is 0 Å². The summed E-state index contributed by atoms with van der Waals surface area (Å²) in [6.07, 6.45) is 0. The first-order valence-electron chi connectivity index (χ1n) is 8.29. The fraction of sp³-hybridized carbons (Fsp3) is 0.200. The van der Waals surface area contributed by atoms with Crippen LogP contribution < -0.4 is 15.9 Å². The molecule has 0 N–H and O–H groups in total. The highest BCUT2D eigenvalue weighted by atomic mass is 16.5. The molecule has 0 atom stereocenters. The molecule has 124 valence electrons. The number of hydrogen-bond donors (Lipinski definition) is 0. The Labute approximate surface area is 142 Å². The van der Waals surface area contributed by atoms with Crippen molar-refractivity contribution >= 4 is 32.6 Å². The number of pyridine rings is 2. The lowest BCUT2D eigenvalue weighted by Crippen LogP contribution is -2.28. The summed E-state index contributed by atoms with van der Waals surface area (Å²) in [5, 5.41) is 3.55. The molecule has 0 unspecified atom stereocenters. The summed E-state index contributed by atoms with van der Waals surface area (Å²) in [6, 6.07) is 11.4. The van der Waals surface area contributed by atoms with Crippen LogP contribution in [0.1, 0.15) is 5.56 Å². The van der Waals surface area contributed by atoms with E-state index in [1.54, 1.807) is 22.2 Å². The molecule has 5 heteroatoms. The van der Waals surface area contributed by atoms with Gasteiger partial charge >= 0.3 is 0 Å². The minimum atomic E-state index is -0.0607. The molecule has 0 radical (unpaired) electrons. The first-order chi connectivity index (χ1) is 12.1. The van der Waals surface area contributed by atoms with Crippen molar-refractivity contribution in [2.75, 3.05) is 6.61 Å². The molecule has 0 bridgehead atoms. The van der Waals surface area contributed by atoms with Crippen LogP contribution in [0.5, 0.6) is 5.75 Å². The van der Waals surface area contributed by atoms with Crippen molar-refractivity contribution in [1.82, 2.24) is 9.13 Å². The summed E-state index contributed by atoms with van der Waals surface area (Å²) in [4.78, 5) is 25.2. The number of nitrogens with zero attached hydrogens (tertiary/aromatic N) is 2. The number of aromatic nitrogens is 2. The molecule has 5 rings (SSSR count). The summed E-state index contributed by atoms with van der Waals surface area (Å²) >= 11 is 0. The molecule has 25 heavy (non-hydrogen) atoms. The Hall–Kier alpha value is -3.08. The predicted octanol–water partition coefficient (Wildman–Crippen LogP) is 2.71. The summed E-state index contributed by atoms with van der Waals surface area (Å²) < 4.78 is 9.37. The second-order valence-corrected chi connectivity index (χ2v) is 6.57. The minimum Gasteiger partial charge on any atom is -0.487 e. The second-order valence-electron chi connectivity index (χ2n) is 6.57. The van der Waals surface area contributed by atoms with Gasteiger partial charge in [0.25, 0.3) is 11.1 Å². The molecule has 2 aromatic carbocycles. The topological polar surface area (TPSA) is 53.2 Å². The summed E-state index contributed by atoms with van der Waals surface area (Å²) in [6.45, 7) is 2.89. The first-order valence-corrected chi connectivity index (χ1v) is 8.29. The van der Waals surface area contributed by atoms with Crippen molar-refractivity contribution in [3.05, 3.63) is 62.7 Å². The van der Waals surface area contributed by atoms with Crippen LogP contribution in [0.15, 0.2) is 46.0 Å². The molecule has 3 heterocycles. The SMILES string of the molecule is Cc1cc(=O)n2c3c(c4c(cc13)c1ccccc1c(=O)n4C)OCC2. The smallest absolute Gasteiger partial charge is 0.258 e. The van der Waals surface area contributed by atoms with Gasteiger partial charge in [0.15, 0.2) is 5.75 Å². The van der Waals surface area contributed by atoms with Gasteiger partial charge in [-0.05, 0) is 30.0 Å². The lowest BCUT2D eigenvalue weighted by Gasteiger charge is -2.24. The van der Waals surface area contributed by atoms with Crippen LogP contribution in [0, 0.1) is 6.92 Å². The first kappa shape index (κ1) is 14.3. The maximum absolute atomic E-state index is 12.8. The molecule has 1 aliphatic rings. The van der Waals surface area contributed by atoms with Crippen molar-refractivity contribution < 1.29 is 4.74 Å². The van der Waals surface area contributed by atoms with E-state index in [0.717, 1.165) is 32.8 Å². The monoisotopic (exact) mass is 332 g/mol. The van der Waals surface area contributed by atoms with Crippen LogP contribution in [0.2, 0.25) is 0 Å². The maximum Gasteiger partial charge on any atom is 0.258 e. The van der Waals surface area contributed by atoms with E-state index in [9.17, 15) is 9.59 Å². The molecule has 0 spiro atoms. The predicted molar refractivity (Wildman–Crippen MR) is 98.7 cm³/mol. The van der Waals surface area contributed by atoms with E-state index in [-0.39, 0.29) is 11.1 Å². The van der Waals surface area contributed by atoms with Crippen molar-refractivity contribution in [3.8, 4) is 5.75 Å². The minimum absolute atomic E-state index is 0.0281. The van der Waals surface area contributed by atoms with E-state index in [2.05, 4.69) is 6.07 Å². The largest absolute Gasteiger partial charge is 0.487 e. The zero-order valence-corrected chi connectivity index (χ0v) is 14.0. The summed E-state index contributed by atoms with van der Waals surface area (Å²) in [5.74, 6) is 0.630. The van der Waals surface area contributed by atoms with E-state index in [4.69, 9.17) is 4.74 Å². The molecule has 0 aliphatic carbocycles. The lowest BCUT2D eigenvalue weighted by atomic mass is 10.00. The van der Waals surface area contributed by atoms with E-state index < -0.39 is 0 Å². The van der Waals surface area contributed by atoms with Crippen LogP contribution >= 0.6 is 0 Å². The Morgan fingerprint density at radius 2 is 1.72 bits per heavy atom. The van der Waals surface area contributed by atoms with Crippen molar-refractivity contribution in [2.45, 2.75) is 13.5 Å². The standard InChI is InChI=1S/C20H16N2O3/c1-11-9-16(23)22-7-8-25-19-17-15(10-14(11)18(19)22)12-5-3-4-6-13(12)20(24)21(17)2/h3-6,9-10H,7-8H2,1-2H3. The number of fused-ring (bicyclic) bond motifs is 4. The summed E-state index contributed by atoms with van der Waals surface area (Å²) in [7, 11) is 1.76. The molecular weight excluding hydrogens is 316 g/mol. The van der Waals surface area contributed by atoms with E-state index in [1.807, 2.05) is 31.2 Å². The molecule has 5 nitrogen and oxygen atoms in total. The third-order valence-electron chi connectivity index (χ3n) is 5.18. The second kappa shape index (κ2) is 4.72. The fourth-order valence-corrected chi connectivity index (χ4v) is 3.98. The highest BCUT2D eigenvalue weighted by Crippen LogP contribution is 2.38. The number of benzene rings is 2. The van der Waals surface area contributed by atoms with Gasteiger partial charge in [-0.2, -0.15) is 0 Å². The molecular formula is C20H16N2O3. The van der Waals surface area contributed by atoms with Crippen molar-refractivity contribution in [2.24, 2.45) is 7.05 Å². The van der Waals surface area contributed by atoms with Gasteiger partial charge < -0.3 is 13.9 Å². The van der Waals surface area contributed by atoms with Crippen LogP contribution in [0.4, 0.5) is 0 Å². The fourth-order valence-electron chi connectivity index (χ4n) is 3.98. The molecule has 0 saturated carbocycles. The normalized spacial score (nSPS) is 13.5. The Balaban J connectivity index is 2.19. The molecule has 4 aromatic rings. The van der Waals surface area contributed by atoms with Crippen molar-refractivity contribution in [3.63, 3.8) is 0 Å². The van der Waals surface area contributed by atoms with Crippen molar-refractivity contribution in [1.29, 1.82) is 0 Å². The zero-order valence-electron chi connectivity index (χ0n) is 14.0. The number of hydrogen-bond acceptors (Lipinski definition) is 3. The van der Waals surface area contributed by atoms with Gasteiger partial charge in [0, 0.05) is 29.3 Å². The maximum atomic E-state index is 12.8. The number of ether oxygens (including phenoxy) is 1. The number of rotatable bonds is 0. The van der Waals surface area contributed by atoms with Gasteiger partial charge in [-0.15, -0.1) is 0 Å². The van der Waals surface area contributed by atoms with Gasteiger partial charge in [0.2, 0.25) is 0 Å². The van der Waals surface area contributed by atoms with Gasteiger partial charge in [0.1, 0.15) is 6.61 Å². The van der Waals surface area contributed by atoms with Crippen LogP contribution in [0.25, 0.3) is 32.6 Å². The molecule has 2 aromatic heterocycles. The zero-order chi connectivity index (χ0) is 17.3. The van der Waals surface area contributed by atoms with Gasteiger partial charge in [-0.25, -0.2) is 0 Å². The van der Waals surface area contributed by atoms with Gasteiger partial charge in [-0.3, -0.25) is 9.59 Å². The number of aryl methyl sites for hydroxylation is 2. The Morgan fingerprint density at radius 3 is 2.52 bits per heavy atom. The van der Waals surface area contributed by atoms with Crippen LogP contribution in [-0.4, -0.2) is 15.7 Å². The highest BCUT2D eigenvalue weighted by Gasteiger charge is 2.22. The van der Waals surface area contributed by atoms with Crippen LogP contribution in [-0.2, 0) is 13.6 Å².